The van der Waals surface area contributed by atoms with Crippen LogP contribution in [-0.2, 0) is 95.9 Å². The highest BCUT2D eigenvalue weighted by Gasteiger charge is 2.40. The molecule has 0 saturated heterocycles. The second-order valence-corrected chi connectivity index (χ2v) is 39.1. The SMILES string of the molecule is CC.CC.CC.CC(=O)C(C)(C)NC(CC(=O)O)C(=O)C(C)C.CC(=O)C(C)(C)NCC(=O)C(C)C.CC(C)NC(CCC(=O)O)C(=O)C(C)C.CC=O.CCC(C)(C)C(=O)C(CCCC(=O)O)NC(C)(C)C(C)=O.CCC(C)(C)C(=O)CCC(NC(C)(C)C(C)=O)C(=O)O.CNC(C)(C)C(=O)CC(NC(C)(C)C(C)=O)C(=O)O.CNC(C)(C)C(=O)CCCC(NC(C)(C)C(C)=O)C(=O)O. The molecule has 0 fully saturated rings. The van der Waals surface area contributed by atoms with Gasteiger partial charge in [0.15, 0.2) is 28.9 Å². The van der Waals surface area contributed by atoms with Gasteiger partial charge in [0, 0.05) is 66.7 Å². The van der Waals surface area contributed by atoms with E-state index in [1.54, 1.807) is 139 Å². The molecule has 6 unspecified atom stereocenters. The Labute approximate surface area is 811 Å². The molecule has 0 aliphatic carbocycles. The highest BCUT2D eigenvalue weighted by atomic mass is 16.4. The highest BCUT2D eigenvalue weighted by Crippen LogP contribution is 2.27. The number of carboxylic acids is 6. The van der Waals surface area contributed by atoms with E-state index < -0.39 is 121 Å². The Balaban J connectivity index is -0.000000146. The first-order valence-corrected chi connectivity index (χ1v) is 47.2. The van der Waals surface area contributed by atoms with Crippen molar-refractivity contribution in [3.05, 3.63) is 0 Å². The van der Waals surface area contributed by atoms with Crippen molar-refractivity contribution < 1.29 is 127 Å². The number of nitrogens with one attached hydrogen (secondary N) is 9. The van der Waals surface area contributed by atoms with Crippen molar-refractivity contribution in [3.63, 3.8) is 0 Å². The molecular formula is C100H191N9O26. The van der Waals surface area contributed by atoms with Gasteiger partial charge in [-0.15, -0.1) is 0 Å². The summed E-state index contributed by atoms with van der Waals surface area (Å²) in [5.74, 6) is -6.94. The predicted octanol–water partition coefficient (Wildman–Crippen LogP) is 13.2. The molecule has 792 valence electrons. The first-order valence-electron chi connectivity index (χ1n) is 47.2. The van der Waals surface area contributed by atoms with Crippen molar-refractivity contribution >= 4 is 117 Å². The fraction of sp³-hybridized carbons (Fsp3) is 0.800. The molecule has 0 saturated carbocycles. The van der Waals surface area contributed by atoms with E-state index >= 15 is 0 Å². The second kappa shape index (κ2) is 73.1. The third-order valence-electron chi connectivity index (χ3n) is 22.6. The first-order chi connectivity index (χ1) is 60.8. The Bertz CT molecular complexity index is 3640. The number of ketones is 13. The van der Waals surface area contributed by atoms with Crippen LogP contribution in [0.5, 0.6) is 0 Å². The van der Waals surface area contributed by atoms with Crippen molar-refractivity contribution in [3.8, 4) is 0 Å². The lowest BCUT2D eigenvalue weighted by atomic mass is 9.79. The van der Waals surface area contributed by atoms with Crippen LogP contribution in [0.1, 0.15) is 388 Å². The van der Waals surface area contributed by atoms with Crippen LogP contribution < -0.4 is 47.9 Å². The van der Waals surface area contributed by atoms with E-state index in [1.807, 2.05) is 125 Å². The normalized spacial score (nSPS) is 12.9. The molecule has 15 N–H and O–H groups in total. The van der Waals surface area contributed by atoms with Gasteiger partial charge in [0.2, 0.25) is 0 Å². The van der Waals surface area contributed by atoms with Crippen LogP contribution in [0, 0.1) is 28.6 Å². The number of aldehydes is 1. The summed E-state index contributed by atoms with van der Waals surface area (Å²) in [5.41, 5.74) is -7.40. The molecule has 0 aromatic carbocycles. The molecule has 0 aliphatic heterocycles. The van der Waals surface area contributed by atoms with Gasteiger partial charge < -0.3 is 51.4 Å². The summed E-state index contributed by atoms with van der Waals surface area (Å²) in [6, 6.07) is -4.30. The molecule has 0 aliphatic rings. The van der Waals surface area contributed by atoms with Gasteiger partial charge in [-0.05, 0) is 225 Å². The number of hydrogen-bond donors (Lipinski definition) is 15. The lowest BCUT2D eigenvalue weighted by Crippen LogP contribution is -2.56. The molecule has 0 rings (SSSR count). The standard InChI is InChI=1S/C16H29NO4.C15H28N2O4.C15H27NO4.C13H24N2O4.C12H21NO4.C11H21NO3.C10H19NO2.C2H4O.3C2H6/c1-7-15(3,4)14(21)12(9-8-10-13(19)20)17-16(5,6)11(2)18;1-10(18)14(2,3)17-11(13(20)21)8-7-9-12(19)15(4,5)16-6;1-7-14(3,4)12(18)9-8-11(13(19)20)16-15(5,6)10(2)17;1-8(16)12(2,3)15-9(11(18)19)7-10(17)13(4,5)14-6;1-7(2)11(17)9(6-10(15)16)13-12(4,5)8(3)14;1-7(2)11(15)9(12-8(3)4)5-6-10(13)14;1-7(2)9(13)6-11-10(4,5)8(3)12;1-2-3;3*1-2/h12,17H,7-10H2,1-6H3,(H,19,20);11,16-17H,7-9H2,1-6H3,(H,20,21);11,16H,7-9H2,1-6H3,(H,19,20);9,14-15H,7H2,1-6H3,(H,18,19);7,9,13H,6H2,1-5H3,(H,15,16);7-9,12H,5-6H2,1-4H3,(H,13,14);7,11H,6H2,1-5H3;2H,1H3;3*1-2H3. The number of carbonyl (C=O) groups excluding carboxylic acids is 14. The monoisotopic (exact) mass is 1930 g/mol. The number of carbonyl (C=O) groups is 20. The summed E-state index contributed by atoms with van der Waals surface area (Å²) in [7, 11) is 3.36. The van der Waals surface area contributed by atoms with Gasteiger partial charge in [0.05, 0.1) is 75.4 Å². The van der Waals surface area contributed by atoms with Gasteiger partial charge in [-0.1, -0.05) is 138 Å². The third kappa shape index (κ3) is 71.0. The summed E-state index contributed by atoms with van der Waals surface area (Å²) in [4.78, 5) is 226. The molecule has 0 amide bonds. The Morgan fingerprint density at radius 3 is 0.874 bits per heavy atom. The van der Waals surface area contributed by atoms with E-state index in [9.17, 15) is 101 Å². The zero-order valence-corrected chi connectivity index (χ0v) is 91.8. The van der Waals surface area contributed by atoms with Crippen molar-refractivity contribution in [1.29, 1.82) is 0 Å². The maximum Gasteiger partial charge on any atom is 0.321 e. The van der Waals surface area contributed by atoms with E-state index in [1.165, 1.54) is 48.5 Å². The van der Waals surface area contributed by atoms with Gasteiger partial charge >= 0.3 is 35.8 Å². The molecule has 0 aromatic rings. The van der Waals surface area contributed by atoms with Crippen molar-refractivity contribution in [1.82, 2.24) is 47.9 Å². The van der Waals surface area contributed by atoms with Crippen molar-refractivity contribution in [2.24, 2.45) is 28.6 Å². The lowest BCUT2D eigenvalue weighted by molar-refractivity contribution is -0.143. The molecular weight excluding hydrogens is 1740 g/mol. The average molecular weight is 1940 g/mol. The number of carboxylic acid groups (broad SMARTS) is 6. The third-order valence-corrected chi connectivity index (χ3v) is 22.6. The average Bonchev–Trinajstić information content (AvgIpc) is 0.833. The smallest absolute Gasteiger partial charge is 0.321 e. The Morgan fingerprint density at radius 1 is 0.311 bits per heavy atom. The minimum atomic E-state index is -1.14. The summed E-state index contributed by atoms with van der Waals surface area (Å²) >= 11 is 0. The van der Waals surface area contributed by atoms with Gasteiger partial charge in [0.1, 0.15) is 70.7 Å². The van der Waals surface area contributed by atoms with E-state index in [4.69, 9.17) is 25.2 Å². The van der Waals surface area contributed by atoms with Crippen LogP contribution in [0.2, 0.25) is 0 Å². The van der Waals surface area contributed by atoms with Crippen LogP contribution in [0.4, 0.5) is 0 Å². The molecule has 6 atom stereocenters. The zero-order chi connectivity index (χ0) is 110. The van der Waals surface area contributed by atoms with E-state index in [-0.39, 0.29) is 150 Å². The topological polar surface area (TPSA) is 571 Å². The van der Waals surface area contributed by atoms with E-state index in [2.05, 4.69) is 47.9 Å². The number of hydrogen-bond acceptors (Lipinski definition) is 29. The number of aliphatic carboxylic acids is 6. The van der Waals surface area contributed by atoms with Crippen LogP contribution in [-0.4, -0.2) is 255 Å². The van der Waals surface area contributed by atoms with Crippen molar-refractivity contribution in [2.45, 2.75) is 474 Å². The number of rotatable bonds is 56. The van der Waals surface area contributed by atoms with Crippen LogP contribution in [0.15, 0.2) is 0 Å². The minimum absolute atomic E-state index is 0.0234. The first kappa shape index (κ1) is 150. The molecule has 0 radical (unpaired) electrons. The molecule has 0 spiro atoms. The molecule has 0 aromatic heterocycles. The van der Waals surface area contributed by atoms with Crippen LogP contribution >= 0.6 is 0 Å². The summed E-state index contributed by atoms with van der Waals surface area (Å²) in [6.45, 7) is 75.4. The van der Waals surface area contributed by atoms with Gasteiger partial charge in [-0.2, -0.15) is 0 Å². The minimum Gasteiger partial charge on any atom is -0.481 e. The largest absolute Gasteiger partial charge is 0.481 e. The predicted molar refractivity (Wildman–Crippen MR) is 534 cm³/mol. The van der Waals surface area contributed by atoms with E-state index in [0.717, 1.165) is 12.7 Å². The number of likely N-dealkylation sites (N-methyl/N-ethyl adjacent to an activating group) is 2. The Hall–Kier alpha value is -8.16. The molecule has 0 bridgehead atoms. The van der Waals surface area contributed by atoms with Crippen LogP contribution in [0.25, 0.3) is 0 Å². The number of Topliss-reactive ketones (excluding diaryl/α,β-unsaturated/α-hetero) is 13. The van der Waals surface area contributed by atoms with Gasteiger partial charge in [-0.25, -0.2) is 0 Å². The van der Waals surface area contributed by atoms with Crippen molar-refractivity contribution in [2.75, 3.05) is 20.6 Å². The zero-order valence-electron chi connectivity index (χ0n) is 91.8. The van der Waals surface area contributed by atoms with Gasteiger partial charge in [0.25, 0.3) is 0 Å². The second-order valence-electron chi connectivity index (χ2n) is 39.1. The summed E-state index contributed by atoms with van der Waals surface area (Å²) < 4.78 is 0. The summed E-state index contributed by atoms with van der Waals surface area (Å²) in [6.07, 6.45) is 4.38. The van der Waals surface area contributed by atoms with E-state index in [0.29, 0.717) is 44.9 Å². The molecule has 135 heavy (non-hydrogen) atoms. The van der Waals surface area contributed by atoms with Crippen LogP contribution in [0.3, 0.4) is 0 Å². The lowest BCUT2D eigenvalue weighted by Gasteiger charge is -2.33. The van der Waals surface area contributed by atoms with Gasteiger partial charge in [-0.3, -0.25) is 123 Å². The summed E-state index contributed by atoms with van der Waals surface area (Å²) in [5, 5.41) is 79.8. The Morgan fingerprint density at radius 2 is 0.593 bits per heavy atom. The fourth-order valence-corrected chi connectivity index (χ4v) is 9.90. The fourth-order valence-electron chi connectivity index (χ4n) is 9.90. The quantitative estimate of drug-likeness (QED) is 0.0251. The Kier molecular flexibility index (Phi) is 81.0. The highest BCUT2D eigenvalue weighted by molar-refractivity contribution is 5.95. The molecule has 35 nitrogen and oxygen atoms in total. The maximum atomic E-state index is 12.7. The molecule has 0 heterocycles. The maximum absolute atomic E-state index is 12.7. The molecule has 35 heteroatoms.